The van der Waals surface area contributed by atoms with Crippen LogP contribution >= 0.6 is 34.7 Å². The molecule has 158 valence electrons. The Hall–Kier alpha value is -2.61. The number of benzene rings is 2. The van der Waals surface area contributed by atoms with E-state index in [9.17, 15) is 4.79 Å². The summed E-state index contributed by atoms with van der Waals surface area (Å²) in [7, 11) is 1.68. The number of nitrogens with zero attached hydrogens (tertiary/aromatic N) is 2. The van der Waals surface area contributed by atoms with Crippen molar-refractivity contribution >= 4 is 56.5 Å². The first-order chi connectivity index (χ1) is 15.0. The predicted octanol–water partition coefficient (Wildman–Crippen LogP) is 6.51. The van der Waals surface area contributed by atoms with Crippen LogP contribution in [-0.4, -0.2) is 23.0 Å². The summed E-state index contributed by atoms with van der Waals surface area (Å²) in [5.74, 6) is 1.35. The van der Waals surface area contributed by atoms with E-state index in [1.54, 1.807) is 37.1 Å². The molecule has 2 heterocycles. The number of fused-ring (bicyclic) bond motifs is 1. The minimum atomic E-state index is -0.198. The van der Waals surface area contributed by atoms with Crippen LogP contribution in [0.2, 0.25) is 5.02 Å². The fraction of sp³-hybridized carbons (Fsp3) is 0.174. The highest BCUT2D eigenvalue weighted by atomic mass is 35.5. The molecule has 31 heavy (non-hydrogen) atoms. The molecule has 2 aromatic heterocycles. The van der Waals surface area contributed by atoms with Gasteiger partial charge in [-0.15, -0.1) is 11.3 Å². The maximum atomic E-state index is 12.5. The zero-order chi connectivity index (χ0) is 22.0. The van der Waals surface area contributed by atoms with E-state index in [1.807, 2.05) is 44.3 Å². The van der Waals surface area contributed by atoms with Gasteiger partial charge in [0.2, 0.25) is 0 Å². The first-order valence-corrected chi connectivity index (χ1v) is 11.7. The van der Waals surface area contributed by atoms with Crippen LogP contribution in [0, 0.1) is 13.8 Å². The highest BCUT2D eigenvalue weighted by Crippen LogP contribution is 2.39. The summed E-state index contributed by atoms with van der Waals surface area (Å²) < 4.78 is 7.24. The maximum Gasteiger partial charge on any atom is 0.255 e. The molecule has 0 bridgehead atoms. The molecule has 0 aliphatic carbocycles. The largest absolute Gasteiger partial charge is 0.496 e. The molecule has 4 rings (SSSR count). The Morgan fingerprint density at radius 2 is 1.97 bits per heavy atom. The van der Waals surface area contributed by atoms with E-state index in [0.717, 1.165) is 37.1 Å². The molecule has 8 heteroatoms. The fourth-order valence-corrected chi connectivity index (χ4v) is 5.66. The number of carbonyl (C=O) groups excluding carboxylic acids is 1. The number of hydrogen-bond acceptors (Lipinski definition) is 6. The van der Waals surface area contributed by atoms with E-state index in [0.29, 0.717) is 22.0 Å². The topological polar surface area (TPSA) is 64.1 Å². The van der Waals surface area contributed by atoms with Crippen LogP contribution in [0.25, 0.3) is 10.2 Å². The van der Waals surface area contributed by atoms with E-state index in [1.165, 1.54) is 11.3 Å². The number of aryl methyl sites for hydroxylation is 1. The molecule has 1 amide bonds. The molecule has 0 saturated carbocycles. The Balaban J connectivity index is 1.54. The van der Waals surface area contributed by atoms with Crippen molar-refractivity contribution in [1.29, 1.82) is 0 Å². The molecule has 0 saturated heterocycles. The van der Waals surface area contributed by atoms with Crippen LogP contribution in [0.15, 0.2) is 53.0 Å². The van der Waals surface area contributed by atoms with Gasteiger partial charge in [0.1, 0.15) is 5.75 Å². The minimum Gasteiger partial charge on any atom is -0.496 e. The number of pyridine rings is 1. The number of hydrogen-bond donors (Lipinski definition) is 1. The standard InChI is InChI=1S/C23H20ClN3O2S2/c1-13-11-25-18(14(2)20(13)29-3)12-30-23-27-17-10-9-16(19(24)21(17)31-23)26-22(28)15-7-5-4-6-8-15/h4-11H,12H2,1-3H3,(H,26,28). The normalized spacial score (nSPS) is 11.0. The number of anilines is 1. The third-order valence-corrected chi connectivity index (χ3v) is 7.59. The predicted molar refractivity (Wildman–Crippen MR) is 129 cm³/mol. The lowest BCUT2D eigenvalue weighted by atomic mass is 10.1. The van der Waals surface area contributed by atoms with Crippen LogP contribution in [-0.2, 0) is 5.75 Å². The summed E-state index contributed by atoms with van der Waals surface area (Å²) in [5, 5.41) is 3.39. The fourth-order valence-electron chi connectivity index (χ4n) is 3.23. The van der Waals surface area contributed by atoms with Gasteiger partial charge in [0.05, 0.1) is 33.7 Å². The number of ether oxygens (including phenoxy) is 1. The number of halogens is 1. The van der Waals surface area contributed by atoms with E-state index in [4.69, 9.17) is 16.3 Å². The van der Waals surface area contributed by atoms with Gasteiger partial charge in [-0.25, -0.2) is 4.98 Å². The molecular formula is C23H20ClN3O2S2. The van der Waals surface area contributed by atoms with Gasteiger partial charge < -0.3 is 10.1 Å². The number of carbonyl (C=O) groups is 1. The molecule has 2 aromatic carbocycles. The quantitative estimate of drug-likeness (QED) is 0.326. The molecule has 0 aliphatic rings. The van der Waals surface area contributed by atoms with Crippen LogP contribution in [0.5, 0.6) is 5.75 Å². The first-order valence-electron chi connectivity index (χ1n) is 9.55. The summed E-state index contributed by atoms with van der Waals surface area (Å²) in [5.41, 5.74) is 4.99. The summed E-state index contributed by atoms with van der Waals surface area (Å²) in [6, 6.07) is 12.7. The summed E-state index contributed by atoms with van der Waals surface area (Å²) in [6.07, 6.45) is 1.83. The number of aromatic nitrogens is 2. The first kappa shape index (κ1) is 21.6. The van der Waals surface area contributed by atoms with Crippen molar-refractivity contribution in [3.63, 3.8) is 0 Å². The zero-order valence-corrected chi connectivity index (χ0v) is 19.6. The SMILES string of the molecule is COc1c(C)cnc(CSc2nc3ccc(NC(=O)c4ccccc4)c(Cl)c3s2)c1C. The number of methoxy groups -OCH3 is 1. The summed E-state index contributed by atoms with van der Waals surface area (Å²) in [6.45, 7) is 4.01. The molecule has 0 unspecified atom stereocenters. The molecule has 4 aromatic rings. The second-order valence-corrected chi connectivity index (χ2v) is 9.51. The molecule has 0 radical (unpaired) electrons. The Morgan fingerprint density at radius 3 is 2.71 bits per heavy atom. The van der Waals surface area contributed by atoms with Crippen molar-refractivity contribution in [1.82, 2.24) is 9.97 Å². The minimum absolute atomic E-state index is 0.198. The van der Waals surface area contributed by atoms with Crippen LogP contribution < -0.4 is 10.1 Å². The average molecular weight is 470 g/mol. The molecule has 0 spiro atoms. The second-order valence-electron chi connectivity index (χ2n) is 6.91. The molecule has 0 aliphatic heterocycles. The van der Waals surface area contributed by atoms with Crippen molar-refractivity contribution < 1.29 is 9.53 Å². The van der Waals surface area contributed by atoms with Gasteiger partial charge in [-0.05, 0) is 38.1 Å². The van der Waals surface area contributed by atoms with Gasteiger partial charge in [0.15, 0.2) is 4.34 Å². The van der Waals surface area contributed by atoms with Gasteiger partial charge in [0.25, 0.3) is 5.91 Å². The van der Waals surface area contributed by atoms with E-state index in [-0.39, 0.29) is 5.91 Å². The molecule has 1 N–H and O–H groups in total. The Morgan fingerprint density at radius 1 is 1.19 bits per heavy atom. The van der Waals surface area contributed by atoms with Crippen molar-refractivity contribution in [3.05, 3.63) is 76.1 Å². The van der Waals surface area contributed by atoms with Crippen molar-refractivity contribution in [2.24, 2.45) is 0 Å². The van der Waals surface area contributed by atoms with Crippen LogP contribution in [0.1, 0.15) is 27.2 Å². The third-order valence-electron chi connectivity index (χ3n) is 4.84. The van der Waals surface area contributed by atoms with Gasteiger partial charge in [0, 0.05) is 28.6 Å². The zero-order valence-electron chi connectivity index (χ0n) is 17.2. The van der Waals surface area contributed by atoms with Crippen molar-refractivity contribution in [2.75, 3.05) is 12.4 Å². The van der Waals surface area contributed by atoms with Gasteiger partial charge in [-0.1, -0.05) is 41.6 Å². The van der Waals surface area contributed by atoms with Gasteiger partial charge >= 0.3 is 0 Å². The van der Waals surface area contributed by atoms with Crippen molar-refractivity contribution in [2.45, 2.75) is 23.9 Å². The lowest BCUT2D eigenvalue weighted by molar-refractivity contribution is 0.102. The second kappa shape index (κ2) is 9.26. The molecular weight excluding hydrogens is 450 g/mol. The summed E-state index contributed by atoms with van der Waals surface area (Å²) >= 11 is 9.72. The van der Waals surface area contributed by atoms with E-state index >= 15 is 0 Å². The maximum absolute atomic E-state index is 12.5. The number of thioether (sulfide) groups is 1. The highest BCUT2D eigenvalue weighted by Gasteiger charge is 2.15. The van der Waals surface area contributed by atoms with Gasteiger partial charge in [-0.2, -0.15) is 0 Å². The van der Waals surface area contributed by atoms with Crippen LogP contribution in [0.3, 0.4) is 0 Å². The third kappa shape index (κ3) is 4.54. The Bertz CT molecular complexity index is 1260. The number of thiazole rings is 1. The van der Waals surface area contributed by atoms with E-state index in [2.05, 4.69) is 15.3 Å². The monoisotopic (exact) mass is 469 g/mol. The Kier molecular flexibility index (Phi) is 6.46. The number of rotatable bonds is 6. The van der Waals surface area contributed by atoms with Crippen molar-refractivity contribution in [3.8, 4) is 5.75 Å². The molecule has 5 nitrogen and oxygen atoms in total. The Labute approximate surface area is 193 Å². The average Bonchev–Trinajstić information content (AvgIpc) is 3.20. The lowest BCUT2D eigenvalue weighted by Crippen LogP contribution is -2.11. The van der Waals surface area contributed by atoms with Crippen LogP contribution in [0.4, 0.5) is 5.69 Å². The summed E-state index contributed by atoms with van der Waals surface area (Å²) in [4.78, 5) is 21.7. The molecule has 0 atom stereocenters. The van der Waals surface area contributed by atoms with E-state index < -0.39 is 0 Å². The molecule has 0 fully saturated rings. The lowest BCUT2D eigenvalue weighted by Gasteiger charge is -2.11. The van der Waals surface area contributed by atoms with Gasteiger partial charge in [-0.3, -0.25) is 9.78 Å². The number of amides is 1. The highest BCUT2D eigenvalue weighted by molar-refractivity contribution is 8.00. The number of nitrogens with one attached hydrogen (secondary N) is 1. The smallest absolute Gasteiger partial charge is 0.255 e.